The Morgan fingerprint density at radius 2 is 1.95 bits per heavy atom. The van der Waals surface area contributed by atoms with E-state index in [9.17, 15) is 9.90 Å². The normalized spacial score (nSPS) is 10.5. The van der Waals surface area contributed by atoms with Crippen LogP contribution in [0.2, 0.25) is 0 Å². The third-order valence-electron chi connectivity index (χ3n) is 3.31. The number of hydrogen-bond acceptors (Lipinski definition) is 2. The second-order valence-corrected chi connectivity index (χ2v) is 4.55. The largest absolute Gasteiger partial charge is 0.495 e. The van der Waals surface area contributed by atoms with E-state index in [-0.39, 0.29) is 0 Å². The van der Waals surface area contributed by atoms with Gasteiger partial charge in [-0.05, 0) is 38.5 Å². The highest BCUT2D eigenvalue weighted by molar-refractivity contribution is 5.89. The smallest absolute Gasteiger partial charge is 0.337 e. The maximum Gasteiger partial charge on any atom is 0.337 e. The molecule has 1 aromatic heterocycles. The van der Waals surface area contributed by atoms with E-state index in [0.29, 0.717) is 11.3 Å². The molecule has 0 saturated heterocycles. The molecule has 0 radical (unpaired) electrons. The van der Waals surface area contributed by atoms with Crippen molar-refractivity contribution in [2.45, 2.75) is 20.8 Å². The summed E-state index contributed by atoms with van der Waals surface area (Å²) in [6.45, 7) is 5.69. The Morgan fingerprint density at radius 3 is 2.47 bits per heavy atom. The van der Waals surface area contributed by atoms with Crippen molar-refractivity contribution >= 4 is 5.97 Å². The number of carboxylic acid groups (broad SMARTS) is 1. The first-order chi connectivity index (χ1) is 8.97. The third kappa shape index (κ3) is 2.10. The predicted molar refractivity (Wildman–Crippen MR) is 73.5 cm³/mol. The van der Waals surface area contributed by atoms with E-state index >= 15 is 0 Å². The van der Waals surface area contributed by atoms with Crippen molar-refractivity contribution < 1.29 is 14.6 Å². The van der Waals surface area contributed by atoms with Crippen molar-refractivity contribution in [1.82, 2.24) is 4.57 Å². The first-order valence-electron chi connectivity index (χ1n) is 6.03. The minimum atomic E-state index is -0.910. The Kier molecular flexibility index (Phi) is 3.34. The molecule has 0 bridgehead atoms. The summed E-state index contributed by atoms with van der Waals surface area (Å²) in [7, 11) is 1.62. The molecule has 0 aliphatic rings. The van der Waals surface area contributed by atoms with Gasteiger partial charge < -0.3 is 14.4 Å². The standard InChI is InChI=1S/C15H17NO3/c1-9-6-5-7-13(19-4)14(9)16-10(2)8-12(11(16)3)15(17)18/h5-8H,1-4H3,(H,17,18). The highest BCUT2D eigenvalue weighted by Crippen LogP contribution is 2.30. The van der Waals surface area contributed by atoms with Gasteiger partial charge in [0, 0.05) is 11.4 Å². The van der Waals surface area contributed by atoms with Crippen LogP contribution < -0.4 is 4.74 Å². The fourth-order valence-electron chi connectivity index (χ4n) is 2.41. The third-order valence-corrected chi connectivity index (χ3v) is 3.31. The molecule has 4 heteroatoms. The Morgan fingerprint density at radius 1 is 1.26 bits per heavy atom. The van der Waals surface area contributed by atoms with E-state index in [2.05, 4.69) is 0 Å². The number of ether oxygens (including phenoxy) is 1. The van der Waals surface area contributed by atoms with Crippen molar-refractivity contribution in [1.29, 1.82) is 0 Å². The second-order valence-electron chi connectivity index (χ2n) is 4.55. The maximum absolute atomic E-state index is 11.2. The summed E-state index contributed by atoms with van der Waals surface area (Å²) in [5.74, 6) is -0.175. The summed E-state index contributed by atoms with van der Waals surface area (Å²) in [4.78, 5) is 11.2. The van der Waals surface area contributed by atoms with Gasteiger partial charge >= 0.3 is 5.97 Å². The Balaban J connectivity index is 2.76. The van der Waals surface area contributed by atoms with Gasteiger partial charge in [-0.25, -0.2) is 4.79 Å². The maximum atomic E-state index is 11.2. The van der Waals surface area contributed by atoms with E-state index in [4.69, 9.17) is 4.74 Å². The molecule has 0 amide bonds. The first-order valence-corrected chi connectivity index (χ1v) is 6.03. The topological polar surface area (TPSA) is 51.5 Å². The van der Waals surface area contributed by atoms with E-state index in [1.165, 1.54) is 0 Å². The molecule has 0 saturated carbocycles. The summed E-state index contributed by atoms with van der Waals surface area (Å²) >= 11 is 0. The fraction of sp³-hybridized carbons (Fsp3) is 0.267. The zero-order valence-electron chi connectivity index (χ0n) is 11.5. The van der Waals surface area contributed by atoms with Crippen LogP contribution in [0.1, 0.15) is 27.3 Å². The number of rotatable bonds is 3. The Bertz CT molecular complexity index is 641. The number of methoxy groups -OCH3 is 1. The zero-order valence-corrected chi connectivity index (χ0v) is 11.5. The molecule has 19 heavy (non-hydrogen) atoms. The fourth-order valence-corrected chi connectivity index (χ4v) is 2.41. The van der Waals surface area contributed by atoms with Gasteiger partial charge in [0.2, 0.25) is 0 Å². The number of carbonyl (C=O) groups is 1. The average molecular weight is 259 g/mol. The van der Waals surface area contributed by atoms with Crippen molar-refractivity contribution in [3.05, 3.63) is 46.8 Å². The lowest BCUT2D eigenvalue weighted by Gasteiger charge is -2.16. The summed E-state index contributed by atoms with van der Waals surface area (Å²) < 4.78 is 7.32. The molecule has 0 aliphatic carbocycles. The molecular weight excluding hydrogens is 242 g/mol. The van der Waals surface area contributed by atoms with Gasteiger partial charge in [-0.2, -0.15) is 0 Å². The van der Waals surface area contributed by atoms with Crippen LogP contribution in [-0.2, 0) is 0 Å². The van der Waals surface area contributed by atoms with Crippen LogP contribution in [0.15, 0.2) is 24.3 Å². The van der Waals surface area contributed by atoms with Crippen LogP contribution in [-0.4, -0.2) is 22.8 Å². The number of aromatic carboxylic acids is 1. The van der Waals surface area contributed by atoms with Crippen LogP contribution in [0.25, 0.3) is 5.69 Å². The molecule has 1 aromatic carbocycles. The highest BCUT2D eigenvalue weighted by Gasteiger charge is 2.18. The monoisotopic (exact) mass is 259 g/mol. The van der Waals surface area contributed by atoms with Crippen molar-refractivity contribution in [3.63, 3.8) is 0 Å². The molecule has 2 rings (SSSR count). The summed E-state index contributed by atoms with van der Waals surface area (Å²) in [5.41, 5.74) is 3.84. The number of para-hydroxylation sites is 1. The molecule has 0 fully saturated rings. The van der Waals surface area contributed by atoms with E-state index in [1.54, 1.807) is 13.2 Å². The van der Waals surface area contributed by atoms with E-state index < -0.39 is 5.97 Å². The molecule has 0 unspecified atom stereocenters. The molecule has 0 atom stereocenters. The zero-order chi connectivity index (χ0) is 14.2. The number of aryl methyl sites for hydroxylation is 2. The minimum Gasteiger partial charge on any atom is -0.495 e. The van der Waals surface area contributed by atoms with Crippen LogP contribution >= 0.6 is 0 Å². The number of hydrogen-bond donors (Lipinski definition) is 1. The van der Waals surface area contributed by atoms with E-state index in [0.717, 1.165) is 22.7 Å². The highest BCUT2D eigenvalue weighted by atomic mass is 16.5. The van der Waals surface area contributed by atoms with Crippen molar-refractivity contribution in [3.8, 4) is 11.4 Å². The second kappa shape index (κ2) is 4.80. The van der Waals surface area contributed by atoms with Gasteiger partial charge in [0.1, 0.15) is 5.75 Å². The molecule has 1 N–H and O–H groups in total. The SMILES string of the molecule is COc1cccc(C)c1-n1c(C)cc(C(=O)O)c1C. The lowest BCUT2D eigenvalue weighted by molar-refractivity contribution is 0.0696. The van der Waals surface area contributed by atoms with Gasteiger partial charge in [0.15, 0.2) is 0 Å². The summed E-state index contributed by atoms with van der Waals surface area (Å²) in [6.07, 6.45) is 0. The first kappa shape index (κ1) is 13.2. The van der Waals surface area contributed by atoms with Crippen molar-refractivity contribution in [2.75, 3.05) is 7.11 Å². The van der Waals surface area contributed by atoms with Crippen LogP contribution in [0.5, 0.6) is 5.75 Å². The Labute approximate surface area is 112 Å². The Hall–Kier alpha value is -2.23. The average Bonchev–Trinajstić information content (AvgIpc) is 2.65. The lowest BCUT2D eigenvalue weighted by Crippen LogP contribution is -2.06. The molecule has 0 spiro atoms. The number of aromatic nitrogens is 1. The van der Waals surface area contributed by atoms with Crippen LogP contribution in [0, 0.1) is 20.8 Å². The van der Waals surface area contributed by atoms with Gasteiger partial charge in [-0.1, -0.05) is 12.1 Å². The van der Waals surface area contributed by atoms with Gasteiger partial charge in [0.25, 0.3) is 0 Å². The van der Waals surface area contributed by atoms with Gasteiger partial charge in [0.05, 0.1) is 18.4 Å². The lowest BCUT2D eigenvalue weighted by atomic mass is 10.1. The van der Waals surface area contributed by atoms with Gasteiger partial charge in [-0.15, -0.1) is 0 Å². The van der Waals surface area contributed by atoms with Crippen LogP contribution in [0.4, 0.5) is 0 Å². The molecular formula is C15H17NO3. The molecule has 1 heterocycles. The van der Waals surface area contributed by atoms with Crippen LogP contribution in [0.3, 0.4) is 0 Å². The van der Waals surface area contributed by atoms with E-state index in [1.807, 2.05) is 43.5 Å². The molecule has 4 nitrogen and oxygen atoms in total. The predicted octanol–water partition coefficient (Wildman–Crippen LogP) is 3.11. The number of nitrogens with zero attached hydrogens (tertiary/aromatic N) is 1. The molecule has 0 aliphatic heterocycles. The van der Waals surface area contributed by atoms with Gasteiger partial charge in [-0.3, -0.25) is 0 Å². The van der Waals surface area contributed by atoms with Crippen molar-refractivity contribution in [2.24, 2.45) is 0 Å². The quantitative estimate of drug-likeness (QED) is 0.921. The summed E-state index contributed by atoms with van der Waals surface area (Å²) in [6, 6.07) is 7.46. The summed E-state index contributed by atoms with van der Waals surface area (Å²) in [5, 5.41) is 9.20. The molecule has 2 aromatic rings. The number of benzene rings is 1. The molecule has 100 valence electrons. The number of carboxylic acids is 1. The minimum absolute atomic E-state index is 0.322.